The molecule has 0 heterocycles. The van der Waals surface area contributed by atoms with Crippen molar-refractivity contribution in [3.05, 3.63) is 24.8 Å². The number of esters is 2. The molecule has 10 heteroatoms. The van der Waals surface area contributed by atoms with Crippen LogP contribution < -0.4 is 10.6 Å². The van der Waals surface area contributed by atoms with Gasteiger partial charge in [0, 0.05) is 35.6 Å². The lowest BCUT2D eigenvalue weighted by Crippen LogP contribution is -2.38. The number of unbranched alkanes of at least 4 members (excludes halogenated alkanes) is 2. The Morgan fingerprint density at radius 2 is 1.35 bits per heavy atom. The molecular weight excluding hydrogens is 552 g/mol. The van der Waals surface area contributed by atoms with Crippen molar-refractivity contribution in [1.29, 1.82) is 0 Å². The number of carbonyl (C=O) groups is 4. The first kappa shape index (κ1) is 34.5. The number of alkyl carbamates (subject to hydrolysis) is 2. The fourth-order valence-electron chi connectivity index (χ4n) is 7.40. The molecule has 6 atom stereocenters. The van der Waals surface area contributed by atoms with Gasteiger partial charge in [-0.3, -0.25) is 0 Å². The normalized spacial score (nSPS) is 29.0. The summed E-state index contributed by atoms with van der Waals surface area (Å²) >= 11 is 0. The van der Waals surface area contributed by atoms with Gasteiger partial charge in [-0.1, -0.05) is 27.0 Å². The third kappa shape index (κ3) is 10.9. The first-order valence-electron chi connectivity index (χ1n) is 15.9. The van der Waals surface area contributed by atoms with E-state index in [0.717, 1.165) is 38.2 Å². The van der Waals surface area contributed by atoms with Gasteiger partial charge < -0.3 is 29.6 Å². The van der Waals surface area contributed by atoms with Crippen molar-refractivity contribution in [3.63, 3.8) is 0 Å². The molecule has 0 spiro atoms. The zero-order valence-corrected chi connectivity index (χ0v) is 26.4. The van der Waals surface area contributed by atoms with Gasteiger partial charge in [0.25, 0.3) is 0 Å². The van der Waals surface area contributed by atoms with Gasteiger partial charge in [-0.25, -0.2) is 19.2 Å². The molecule has 0 radical (unpaired) electrons. The fourth-order valence-corrected chi connectivity index (χ4v) is 7.40. The fraction of sp³-hybridized carbons (Fsp3) is 0.758. The first-order chi connectivity index (χ1) is 20.4. The van der Waals surface area contributed by atoms with Crippen LogP contribution in [-0.4, -0.2) is 63.6 Å². The van der Waals surface area contributed by atoms with Crippen LogP contribution in [0, 0.1) is 34.5 Å². The molecule has 0 aromatic heterocycles. The highest BCUT2D eigenvalue weighted by Crippen LogP contribution is 2.62. The molecule has 2 bridgehead atoms. The lowest BCUT2D eigenvalue weighted by atomic mass is 9.65. The number of amides is 2. The molecule has 3 aliphatic carbocycles. The summed E-state index contributed by atoms with van der Waals surface area (Å²) in [6.07, 6.45) is 9.68. The molecule has 43 heavy (non-hydrogen) atoms. The summed E-state index contributed by atoms with van der Waals surface area (Å²) < 4.78 is 21.3. The second kappa shape index (κ2) is 16.1. The molecule has 0 aliphatic heterocycles. The van der Waals surface area contributed by atoms with Crippen LogP contribution in [0.3, 0.4) is 0 Å². The van der Waals surface area contributed by atoms with Gasteiger partial charge in [-0.05, 0) is 94.8 Å². The average Bonchev–Trinajstić information content (AvgIpc) is 3.22. The van der Waals surface area contributed by atoms with Gasteiger partial charge in [-0.2, -0.15) is 0 Å². The monoisotopic (exact) mass is 604 g/mol. The molecule has 6 unspecified atom stereocenters. The summed E-state index contributed by atoms with van der Waals surface area (Å²) in [6.45, 7) is 15.4. The van der Waals surface area contributed by atoms with Gasteiger partial charge >= 0.3 is 24.1 Å². The summed E-state index contributed by atoms with van der Waals surface area (Å²) in [4.78, 5) is 47.1. The van der Waals surface area contributed by atoms with Crippen LogP contribution in [0.2, 0.25) is 0 Å². The number of fused-ring (bicyclic) bond motifs is 5. The molecule has 2 amide bonds. The molecule has 3 fully saturated rings. The molecule has 3 aliphatic rings. The topological polar surface area (TPSA) is 129 Å². The minimum atomic E-state index is -0.437. The van der Waals surface area contributed by atoms with Crippen LogP contribution in [0.15, 0.2) is 24.8 Å². The zero-order chi connectivity index (χ0) is 31.5. The Labute approximate surface area is 256 Å². The lowest BCUT2D eigenvalue weighted by molar-refractivity contribution is -0.139. The number of hydrogen-bond donors (Lipinski definition) is 2. The van der Waals surface area contributed by atoms with Crippen LogP contribution in [0.4, 0.5) is 9.59 Å². The average molecular weight is 605 g/mol. The predicted molar refractivity (Wildman–Crippen MR) is 162 cm³/mol. The van der Waals surface area contributed by atoms with E-state index in [1.54, 1.807) is 6.92 Å². The van der Waals surface area contributed by atoms with E-state index in [4.69, 9.17) is 18.9 Å². The number of hydrogen-bond acceptors (Lipinski definition) is 8. The largest absolute Gasteiger partial charge is 0.463 e. The predicted octanol–water partition coefficient (Wildman–Crippen LogP) is 5.71. The smallest absolute Gasteiger partial charge is 0.407 e. The minimum Gasteiger partial charge on any atom is -0.463 e. The SMILES string of the molecule is C=CC(=O)OCCCCNC(=O)OCC1(C)CC2CC(C1)C1CC(C)(COC(=O)NCCCCOC(=O)C(=C)C)CCC21. The van der Waals surface area contributed by atoms with Crippen molar-refractivity contribution in [2.45, 2.75) is 85.0 Å². The van der Waals surface area contributed by atoms with Crippen molar-refractivity contribution in [3.8, 4) is 0 Å². The number of nitrogens with one attached hydrogen (secondary N) is 2. The third-order valence-electron chi connectivity index (χ3n) is 9.46. The molecule has 2 N–H and O–H groups in total. The Balaban J connectivity index is 1.34. The highest BCUT2D eigenvalue weighted by Gasteiger charge is 2.55. The van der Waals surface area contributed by atoms with Crippen molar-refractivity contribution in [1.82, 2.24) is 10.6 Å². The van der Waals surface area contributed by atoms with Gasteiger partial charge in [-0.15, -0.1) is 0 Å². The minimum absolute atomic E-state index is 0.0310. The maximum atomic E-state index is 12.3. The van der Waals surface area contributed by atoms with Gasteiger partial charge in [0.05, 0.1) is 26.4 Å². The van der Waals surface area contributed by atoms with Gasteiger partial charge in [0.2, 0.25) is 0 Å². The van der Waals surface area contributed by atoms with Crippen LogP contribution in [0.5, 0.6) is 0 Å². The molecule has 3 saturated carbocycles. The van der Waals surface area contributed by atoms with Crippen molar-refractivity contribution in [2.24, 2.45) is 34.5 Å². The second-order valence-electron chi connectivity index (χ2n) is 13.6. The highest BCUT2D eigenvalue weighted by molar-refractivity contribution is 5.86. The Kier molecular flexibility index (Phi) is 12.9. The summed E-state index contributed by atoms with van der Waals surface area (Å²) in [5, 5.41) is 5.61. The second-order valence-corrected chi connectivity index (χ2v) is 13.6. The van der Waals surface area contributed by atoms with E-state index in [2.05, 4.69) is 37.6 Å². The van der Waals surface area contributed by atoms with Crippen molar-refractivity contribution in [2.75, 3.05) is 39.5 Å². The van der Waals surface area contributed by atoms with E-state index in [0.29, 0.717) is 94.4 Å². The highest BCUT2D eigenvalue weighted by atomic mass is 16.6. The van der Waals surface area contributed by atoms with Crippen LogP contribution in [-0.2, 0) is 28.5 Å². The molecule has 0 saturated heterocycles. The number of ether oxygens (including phenoxy) is 4. The Bertz CT molecular complexity index is 1010. The van der Waals surface area contributed by atoms with E-state index < -0.39 is 24.1 Å². The summed E-state index contributed by atoms with van der Waals surface area (Å²) in [6, 6.07) is 0. The molecule has 0 aromatic rings. The molecule has 242 valence electrons. The van der Waals surface area contributed by atoms with Crippen molar-refractivity contribution < 1.29 is 38.1 Å². The van der Waals surface area contributed by atoms with Gasteiger partial charge in [0.15, 0.2) is 0 Å². The van der Waals surface area contributed by atoms with Gasteiger partial charge in [0.1, 0.15) is 0 Å². The van der Waals surface area contributed by atoms with Crippen LogP contribution in [0.25, 0.3) is 0 Å². The maximum absolute atomic E-state index is 12.3. The van der Waals surface area contributed by atoms with E-state index in [9.17, 15) is 19.2 Å². The summed E-state index contributed by atoms with van der Waals surface area (Å²) in [5.74, 6) is 1.73. The Hall–Kier alpha value is -3.04. The maximum Gasteiger partial charge on any atom is 0.407 e. The molecule has 10 nitrogen and oxygen atoms in total. The molecule has 3 rings (SSSR count). The molecule has 0 aromatic carbocycles. The number of rotatable bonds is 16. The van der Waals surface area contributed by atoms with Crippen LogP contribution in [0.1, 0.15) is 85.0 Å². The Morgan fingerprint density at radius 3 is 1.93 bits per heavy atom. The third-order valence-corrected chi connectivity index (χ3v) is 9.46. The first-order valence-corrected chi connectivity index (χ1v) is 15.9. The summed E-state index contributed by atoms with van der Waals surface area (Å²) in [7, 11) is 0. The summed E-state index contributed by atoms with van der Waals surface area (Å²) in [5.41, 5.74) is 0.310. The quantitative estimate of drug-likeness (QED) is 0.0993. The van der Waals surface area contributed by atoms with E-state index in [1.807, 2.05) is 0 Å². The standard InChI is InChI=1S/C33H52N2O8/c1-6-28(36)40-15-9-7-13-35-31(39)43-22-33(5)18-24-17-25(19-33)27-20-32(4,12-11-26(24)27)21-42-30(38)34-14-8-10-16-41-29(37)23(2)3/h6,24-27H,1-2,7-22H2,3-5H3,(H,34,38)(H,35,39). The lowest BCUT2D eigenvalue weighted by Gasteiger charge is -2.41. The number of carbonyl (C=O) groups excluding carboxylic acids is 4. The van der Waals surface area contributed by atoms with E-state index in [1.165, 1.54) is 6.42 Å². The van der Waals surface area contributed by atoms with E-state index >= 15 is 0 Å². The van der Waals surface area contributed by atoms with Crippen LogP contribution >= 0.6 is 0 Å². The molecular formula is C33H52N2O8. The zero-order valence-electron chi connectivity index (χ0n) is 26.4. The van der Waals surface area contributed by atoms with E-state index in [-0.39, 0.29) is 10.8 Å². The van der Waals surface area contributed by atoms with Crippen molar-refractivity contribution >= 4 is 24.1 Å². The Morgan fingerprint density at radius 1 is 0.791 bits per heavy atom.